The van der Waals surface area contributed by atoms with Crippen molar-refractivity contribution in [2.75, 3.05) is 10.6 Å². The molecule has 34 heavy (non-hydrogen) atoms. The Kier molecular flexibility index (Phi) is 5.91. The van der Waals surface area contributed by atoms with Gasteiger partial charge in [0.05, 0.1) is 4.92 Å². The summed E-state index contributed by atoms with van der Waals surface area (Å²) in [5.74, 6) is -0.765. The van der Waals surface area contributed by atoms with Crippen LogP contribution in [-0.2, 0) is 13.7 Å². The van der Waals surface area contributed by atoms with Crippen LogP contribution in [-0.4, -0.2) is 46.1 Å². The maximum atomic E-state index is 12.6. The minimum absolute atomic E-state index is 0.0372. The van der Waals surface area contributed by atoms with E-state index in [1.165, 1.54) is 20.1 Å². The molecule has 13 nitrogen and oxygen atoms in total. The van der Waals surface area contributed by atoms with E-state index in [0.29, 0.717) is 28.5 Å². The van der Waals surface area contributed by atoms with Crippen molar-refractivity contribution in [1.82, 2.24) is 29.3 Å². The summed E-state index contributed by atoms with van der Waals surface area (Å²) in [5.41, 5.74) is 2.21. The van der Waals surface area contributed by atoms with Gasteiger partial charge < -0.3 is 10.6 Å². The summed E-state index contributed by atoms with van der Waals surface area (Å²) in [6.07, 6.45) is 3.27. The van der Waals surface area contributed by atoms with Crippen LogP contribution in [0.4, 0.5) is 17.1 Å². The lowest BCUT2D eigenvalue weighted by Crippen LogP contribution is -2.16. The summed E-state index contributed by atoms with van der Waals surface area (Å²) < 4.78 is 4.46. The molecule has 1 aromatic carbocycles. The van der Waals surface area contributed by atoms with Crippen LogP contribution in [0.5, 0.6) is 0 Å². The van der Waals surface area contributed by atoms with E-state index in [1.807, 2.05) is 0 Å². The van der Waals surface area contributed by atoms with Crippen LogP contribution < -0.4 is 10.6 Å². The molecule has 0 bridgehead atoms. The van der Waals surface area contributed by atoms with Crippen molar-refractivity contribution in [2.24, 2.45) is 7.05 Å². The summed E-state index contributed by atoms with van der Waals surface area (Å²) in [7, 11) is 1.72. The number of amides is 2. The van der Waals surface area contributed by atoms with Gasteiger partial charge in [0.2, 0.25) is 0 Å². The van der Waals surface area contributed by atoms with E-state index in [4.69, 9.17) is 0 Å². The molecule has 2 amide bonds. The van der Waals surface area contributed by atoms with Crippen molar-refractivity contribution >= 4 is 28.9 Å². The Bertz CT molecular complexity index is 1380. The standard InChI is InChI=1S/C21H21N9O4/c1-13-19(30(33)34)14(2)29(24-13)12-28-11-9-18(26-28)21(32)23-16-6-4-15(5-7-16)22-20(31)17-8-10-27(3)25-17/h4-11H,12H2,1-3H3,(H,22,31)(H,23,32). The van der Waals surface area contributed by atoms with Crippen LogP contribution >= 0.6 is 0 Å². The second kappa shape index (κ2) is 8.97. The molecule has 2 N–H and O–H groups in total. The van der Waals surface area contributed by atoms with Crippen molar-refractivity contribution in [3.63, 3.8) is 0 Å². The molecule has 0 fully saturated rings. The summed E-state index contributed by atoms with van der Waals surface area (Å²) >= 11 is 0. The fourth-order valence-electron chi connectivity index (χ4n) is 3.35. The lowest BCUT2D eigenvalue weighted by atomic mass is 10.2. The third kappa shape index (κ3) is 4.67. The van der Waals surface area contributed by atoms with Gasteiger partial charge in [-0.1, -0.05) is 0 Å². The van der Waals surface area contributed by atoms with Crippen molar-refractivity contribution in [3.05, 3.63) is 81.7 Å². The average molecular weight is 463 g/mol. The number of aromatic nitrogens is 6. The molecule has 0 spiro atoms. The first kappa shape index (κ1) is 22.4. The van der Waals surface area contributed by atoms with E-state index in [9.17, 15) is 19.7 Å². The topological polar surface area (TPSA) is 155 Å². The molecule has 13 heteroatoms. The molecule has 0 unspecified atom stereocenters. The quantitative estimate of drug-likeness (QED) is 0.315. The number of hydrogen-bond acceptors (Lipinski definition) is 7. The summed E-state index contributed by atoms with van der Waals surface area (Å²) in [4.78, 5) is 35.4. The smallest absolute Gasteiger partial charge is 0.312 e. The van der Waals surface area contributed by atoms with E-state index in [2.05, 4.69) is 25.9 Å². The van der Waals surface area contributed by atoms with Crippen LogP contribution in [0.25, 0.3) is 0 Å². The molecule has 0 saturated heterocycles. The zero-order valence-electron chi connectivity index (χ0n) is 18.6. The first-order chi connectivity index (χ1) is 16.2. The number of nitrogens with one attached hydrogen (secondary N) is 2. The highest BCUT2D eigenvalue weighted by atomic mass is 16.6. The van der Waals surface area contributed by atoms with E-state index in [0.717, 1.165) is 0 Å². The predicted molar refractivity (Wildman–Crippen MR) is 122 cm³/mol. The minimum Gasteiger partial charge on any atom is -0.321 e. The Morgan fingerprint density at radius 2 is 1.47 bits per heavy atom. The summed E-state index contributed by atoms with van der Waals surface area (Å²) in [6.45, 7) is 3.30. The van der Waals surface area contributed by atoms with Gasteiger partial charge in [-0.05, 0) is 50.2 Å². The highest BCUT2D eigenvalue weighted by Gasteiger charge is 2.22. The Balaban J connectivity index is 1.38. The van der Waals surface area contributed by atoms with Gasteiger partial charge in [-0.2, -0.15) is 15.3 Å². The number of rotatable bonds is 7. The van der Waals surface area contributed by atoms with Crippen LogP contribution in [0.2, 0.25) is 0 Å². The van der Waals surface area contributed by atoms with Gasteiger partial charge in [0.15, 0.2) is 11.4 Å². The predicted octanol–water partition coefficient (Wildman–Crippen LogP) is 2.35. The normalized spacial score (nSPS) is 10.8. The van der Waals surface area contributed by atoms with Gasteiger partial charge in [0.1, 0.15) is 18.1 Å². The van der Waals surface area contributed by atoms with Crippen molar-refractivity contribution in [1.29, 1.82) is 0 Å². The van der Waals surface area contributed by atoms with Crippen molar-refractivity contribution in [3.8, 4) is 0 Å². The molecular formula is C21H21N9O4. The fourth-order valence-corrected chi connectivity index (χ4v) is 3.35. The minimum atomic E-state index is -0.467. The average Bonchev–Trinajstić information content (AvgIpc) is 3.49. The van der Waals surface area contributed by atoms with Crippen LogP contribution in [0.3, 0.4) is 0 Å². The maximum Gasteiger partial charge on any atom is 0.312 e. The van der Waals surface area contributed by atoms with E-state index in [1.54, 1.807) is 63.6 Å². The molecule has 0 aliphatic rings. The Labute approximate surface area is 193 Å². The molecule has 174 valence electrons. The zero-order valence-corrected chi connectivity index (χ0v) is 18.6. The monoisotopic (exact) mass is 463 g/mol. The SMILES string of the molecule is Cc1nn(Cn2ccc(C(=O)Nc3ccc(NC(=O)c4ccn(C)n4)cc3)n2)c(C)c1[N+](=O)[O-]. The molecule has 0 saturated carbocycles. The van der Waals surface area contributed by atoms with Gasteiger partial charge in [-0.3, -0.25) is 29.1 Å². The molecular weight excluding hydrogens is 442 g/mol. The number of carbonyl (C=O) groups is 2. The lowest BCUT2D eigenvalue weighted by Gasteiger charge is -2.07. The molecule has 3 heterocycles. The molecule has 0 aliphatic heterocycles. The number of carbonyl (C=O) groups excluding carboxylic acids is 2. The summed E-state index contributed by atoms with van der Waals surface area (Å²) in [6, 6.07) is 9.77. The highest BCUT2D eigenvalue weighted by molar-refractivity contribution is 6.04. The van der Waals surface area contributed by atoms with Gasteiger partial charge >= 0.3 is 5.69 Å². The van der Waals surface area contributed by atoms with Gasteiger partial charge in [-0.25, -0.2) is 4.68 Å². The third-order valence-corrected chi connectivity index (χ3v) is 5.02. The van der Waals surface area contributed by atoms with Gasteiger partial charge in [0, 0.05) is 30.8 Å². The number of nitro groups is 1. The fraction of sp³-hybridized carbons (Fsp3) is 0.190. The number of nitrogens with zero attached hydrogens (tertiary/aromatic N) is 7. The molecule has 0 atom stereocenters. The highest BCUT2D eigenvalue weighted by Crippen LogP contribution is 2.21. The van der Waals surface area contributed by atoms with Gasteiger partial charge in [0.25, 0.3) is 11.8 Å². The molecule has 3 aromatic heterocycles. The molecule has 4 rings (SSSR count). The Hall–Kier alpha value is -4.81. The second-order valence-corrected chi connectivity index (χ2v) is 7.52. The maximum absolute atomic E-state index is 12.6. The lowest BCUT2D eigenvalue weighted by molar-refractivity contribution is -0.386. The number of anilines is 2. The van der Waals surface area contributed by atoms with E-state index in [-0.39, 0.29) is 24.0 Å². The number of hydrogen-bond donors (Lipinski definition) is 2. The molecule has 0 aliphatic carbocycles. The van der Waals surface area contributed by atoms with E-state index < -0.39 is 10.8 Å². The van der Waals surface area contributed by atoms with Crippen LogP contribution in [0.15, 0.2) is 48.8 Å². The summed E-state index contributed by atoms with van der Waals surface area (Å²) in [5, 5.41) is 29.1. The second-order valence-electron chi connectivity index (χ2n) is 7.52. The van der Waals surface area contributed by atoms with Crippen molar-refractivity contribution < 1.29 is 14.5 Å². The van der Waals surface area contributed by atoms with Crippen LogP contribution in [0.1, 0.15) is 32.4 Å². The van der Waals surface area contributed by atoms with E-state index >= 15 is 0 Å². The van der Waals surface area contributed by atoms with Crippen molar-refractivity contribution in [2.45, 2.75) is 20.5 Å². The molecule has 4 aromatic rings. The Morgan fingerprint density at radius 1 is 0.912 bits per heavy atom. The van der Waals surface area contributed by atoms with Gasteiger partial charge in [-0.15, -0.1) is 0 Å². The molecule has 0 radical (unpaired) electrons. The largest absolute Gasteiger partial charge is 0.321 e. The number of benzene rings is 1. The first-order valence-corrected chi connectivity index (χ1v) is 10.2. The number of aryl methyl sites for hydroxylation is 2. The Morgan fingerprint density at radius 3 is 1.97 bits per heavy atom. The third-order valence-electron chi connectivity index (χ3n) is 5.02. The van der Waals surface area contributed by atoms with Crippen LogP contribution in [0, 0.1) is 24.0 Å². The first-order valence-electron chi connectivity index (χ1n) is 10.2. The zero-order chi connectivity index (χ0) is 24.4.